The third kappa shape index (κ3) is 5.26. The second kappa shape index (κ2) is 12.5. The summed E-state index contributed by atoms with van der Waals surface area (Å²) >= 11 is 0. The van der Waals surface area contributed by atoms with Crippen LogP contribution in [0, 0.1) is 40.9 Å². The Balaban J connectivity index is 0.875. The van der Waals surface area contributed by atoms with Crippen molar-refractivity contribution in [3.05, 3.63) is 142 Å². The Kier molecular flexibility index (Phi) is 7.29. The number of nitrogens with zero attached hydrogens (tertiary/aromatic N) is 2. The minimum absolute atomic E-state index is 0.0136. The monoisotopic (exact) mass is 778 g/mol. The van der Waals surface area contributed by atoms with E-state index in [1.54, 1.807) is 11.1 Å². The molecule has 12 aliphatic rings. The van der Waals surface area contributed by atoms with E-state index in [1.807, 2.05) is 0 Å². The van der Waals surface area contributed by atoms with Crippen molar-refractivity contribution < 1.29 is 9.47 Å². The summed E-state index contributed by atoms with van der Waals surface area (Å²) in [6, 6.07) is 37.7. The van der Waals surface area contributed by atoms with E-state index in [4.69, 9.17) is 19.5 Å². The third-order valence-electron chi connectivity index (χ3n) is 18.4. The molecular weight excluding hydrogens is 721 g/mol. The maximum Gasteiger partial charge on any atom is 0.201 e. The van der Waals surface area contributed by atoms with Crippen LogP contribution in [0.3, 0.4) is 0 Å². The lowest BCUT2D eigenvalue weighted by Gasteiger charge is -2.57. The summed E-state index contributed by atoms with van der Waals surface area (Å²) in [6.07, 6.45) is 20.6. The van der Waals surface area contributed by atoms with Crippen molar-refractivity contribution in [2.45, 2.75) is 138 Å². The molecule has 0 unspecified atom stereocenters. The minimum Gasteiger partial charge on any atom is -0.474 e. The predicted octanol–water partition coefficient (Wildman–Crippen LogP) is 11.6. The number of rotatable bonds is 8. The molecule has 4 heteroatoms. The van der Waals surface area contributed by atoms with E-state index in [9.17, 15) is 0 Å². The fourth-order valence-electron chi connectivity index (χ4n) is 16.7. The Hall–Kier alpha value is -4.18. The minimum atomic E-state index is -0.664. The van der Waals surface area contributed by atoms with Crippen LogP contribution in [-0.2, 0) is 46.0 Å². The molecule has 2 heterocycles. The molecule has 10 aliphatic carbocycles. The van der Waals surface area contributed by atoms with Gasteiger partial charge in [-0.15, -0.1) is 0 Å². The lowest BCUT2D eigenvalue weighted by atomic mass is 9.48. The Morgan fingerprint density at radius 2 is 0.814 bits per heavy atom. The molecule has 4 atom stereocenters. The van der Waals surface area contributed by atoms with Crippen LogP contribution in [-0.4, -0.2) is 24.0 Å². The second-order valence-electron chi connectivity index (χ2n) is 22.1. The third-order valence-corrected chi connectivity index (χ3v) is 18.4. The maximum absolute atomic E-state index is 7.25. The average molecular weight is 779 g/mol. The highest BCUT2D eigenvalue weighted by molar-refractivity contribution is 6.07. The Morgan fingerprint density at radius 1 is 0.458 bits per heavy atom. The van der Waals surface area contributed by atoms with E-state index in [1.165, 1.54) is 110 Å². The van der Waals surface area contributed by atoms with Gasteiger partial charge in [-0.3, -0.25) is 0 Å². The fraction of sp³-hybridized carbons (Fsp3) is 0.527. The number of benzene rings is 4. The van der Waals surface area contributed by atoms with E-state index < -0.39 is 5.41 Å². The van der Waals surface area contributed by atoms with Gasteiger partial charge < -0.3 is 9.47 Å². The first-order valence-electron chi connectivity index (χ1n) is 23.8. The molecule has 4 nitrogen and oxygen atoms in total. The van der Waals surface area contributed by atoms with Crippen LogP contribution in [0.25, 0.3) is 0 Å². The van der Waals surface area contributed by atoms with Crippen molar-refractivity contribution in [2.24, 2.45) is 50.9 Å². The topological polar surface area (TPSA) is 43.2 Å². The highest BCUT2D eigenvalue weighted by Crippen LogP contribution is 2.62. The number of hydrogen-bond donors (Lipinski definition) is 0. The number of hydrogen-bond acceptors (Lipinski definition) is 4. The summed E-state index contributed by atoms with van der Waals surface area (Å²) in [5, 5.41) is 0. The molecule has 8 bridgehead atoms. The van der Waals surface area contributed by atoms with Gasteiger partial charge in [0, 0.05) is 12.8 Å². The van der Waals surface area contributed by atoms with Crippen LogP contribution in [0.15, 0.2) is 107 Å². The molecule has 59 heavy (non-hydrogen) atoms. The molecular formula is C55H58N2O2. The van der Waals surface area contributed by atoms with Crippen LogP contribution < -0.4 is 0 Å². The molecule has 4 aromatic rings. The molecule has 8 saturated carbocycles. The standard InChI is InChI=1S/C55H58N2O2/c1-3-7-45-41(5-1)23-47-49(45)56-51(58-47)55(52-57-50-46-8-4-2-6-42(46)24-48(50)59-52,31-33-9-13-43(14-10-33)53-25-35-17-36(26-53)19-37(18-35)27-53)32-34-11-15-44(16-12-34)54-28-38-20-39(29-54)22-40(21-38)30-54/h1-16,35-40,47-50H,17-32H2/t35?,36?,37?,38?,39?,40?,47-,48-,49-,50+,53?,54?,55?/m0/s1. The molecule has 0 radical (unpaired) electrons. The molecule has 300 valence electrons. The molecule has 0 spiro atoms. The van der Waals surface area contributed by atoms with Crippen molar-refractivity contribution >= 4 is 11.8 Å². The first kappa shape index (κ1) is 34.5. The molecule has 8 fully saturated rings. The highest BCUT2D eigenvalue weighted by Gasteiger charge is 2.56. The smallest absolute Gasteiger partial charge is 0.201 e. The van der Waals surface area contributed by atoms with Gasteiger partial charge in [-0.25, -0.2) is 9.98 Å². The van der Waals surface area contributed by atoms with Gasteiger partial charge in [0.2, 0.25) is 11.8 Å². The van der Waals surface area contributed by atoms with E-state index in [0.29, 0.717) is 10.8 Å². The number of aliphatic imine (C=N–C) groups is 2. The summed E-state index contributed by atoms with van der Waals surface area (Å²) in [7, 11) is 0. The molecule has 4 aromatic carbocycles. The average Bonchev–Trinajstić information content (AvgIpc) is 4.00. The first-order valence-corrected chi connectivity index (χ1v) is 23.8. The van der Waals surface area contributed by atoms with Gasteiger partial charge in [-0.1, -0.05) is 97.1 Å². The Labute approximate surface area is 350 Å². The van der Waals surface area contributed by atoms with Crippen LogP contribution in [0.4, 0.5) is 0 Å². The van der Waals surface area contributed by atoms with Crippen molar-refractivity contribution in [1.82, 2.24) is 0 Å². The van der Waals surface area contributed by atoms with E-state index in [0.717, 1.165) is 73.0 Å². The second-order valence-corrected chi connectivity index (χ2v) is 22.1. The molecule has 0 aromatic heterocycles. The molecule has 0 amide bonds. The molecule has 2 aliphatic heterocycles. The summed E-state index contributed by atoms with van der Waals surface area (Å²) in [4.78, 5) is 11.3. The fourth-order valence-corrected chi connectivity index (χ4v) is 16.7. The van der Waals surface area contributed by atoms with Gasteiger partial charge in [0.15, 0.2) is 0 Å². The summed E-state index contributed by atoms with van der Waals surface area (Å²) in [6.45, 7) is 0. The normalized spacial score (nSPS) is 39.5. The van der Waals surface area contributed by atoms with Gasteiger partial charge in [0.25, 0.3) is 0 Å². The lowest BCUT2D eigenvalue weighted by molar-refractivity contribution is -0.00531. The van der Waals surface area contributed by atoms with E-state index >= 15 is 0 Å². The SMILES string of the molecule is c1ccc2c(c1)C[C@@H]1OC(C(Cc3ccc(C45CC6CC(CC(C6)C4)C5)cc3)(Cc3ccc(C45CC6CC(CC(C6)C4)C5)cc3)C3=N[C@H]4c5ccccc5C[C@@H]4O3)=N[C@H]21. The molecule has 0 saturated heterocycles. The van der Waals surface area contributed by atoms with Crippen LogP contribution >= 0.6 is 0 Å². The first-order chi connectivity index (χ1) is 28.9. The van der Waals surface area contributed by atoms with Crippen molar-refractivity contribution in [3.8, 4) is 0 Å². The number of ether oxygens (including phenoxy) is 2. The zero-order valence-electron chi connectivity index (χ0n) is 34.5. The molecule has 16 rings (SSSR count). The van der Waals surface area contributed by atoms with Crippen molar-refractivity contribution in [2.75, 3.05) is 0 Å². The summed E-state index contributed by atoms with van der Waals surface area (Å²) in [5.41, 5.74) is 11.3. The van der Waals surface area contributed by atoms with E-state index in [-0.39, 0.29) is 24.3 Å². The van der Waals surface area contributed by atoms with Gasteiger partial charge in [-0.05, 0) is 181 Å². The predicted molar refractivity (Wildman–Crippen MR) is 233 cm³/mol. The number of fused-ring (bicyclic) bond motifs is 6. The van der Waals surface area contributed by atoms with Crippen molar-refractivity contribution in [3.63, 3.8) is 0 Å². The zero-order chi connectivity index (χ0) is 38.5. The van der Waals surface area contributed by atoms with Crippen LogP contribution in [0.5, 0.6) is 0 Å². The lowest BCUT2D eigenvalue weighted by Crippen LogP contribution is -2.48. The van der Waals surface area contributed by atoms with Gasteiger partial charge in [0.05, 0.1) is 0 Å². The van der Waals surface area contributed by atoms with Gasteiger partial charge in [-0.2, -0.15) is 0 Å². The Bertz CT molecular complexity index is 2170. The van der Waals surface area contributed by atoms with Crippen molar-refractivity contribution in [1.29, 1.82) is 0 Å². The summed E-state index contributed by atoms with van der Waals surface area (Å²) < 4.78 is 14.5. The zero-order valence-corrected chi connectivity index (χ0v) is 34.5. The van der Waals surface area contributed by atoms with Gasteiger partial charge >= 0.3 is 0 Å². The quantitative estimate of drug-likeness (QED) is 0.179. The largest absolute Gasteiger partial charge is 0.474 e. The van der Waals surface area contributed by atoms with Crippen LogP contribution in [0.1, 0.15) is 134 Å². The van der Waals surface area contributed by atoms with Crippen LogP contribution in [0.2, 0.25) is 0 Å². The highest BCUT2D eigenvalue weighted by atomic mass is 16.5. The maximum atomic E-state index is 7.25. The van der Waals surface area contributed by atoms with Gasteiger partial charge in [0.1, 0.15) is 29.7 Å². The molecule has 0 N–H and O–H groups in total. The van der Waals surface area contributed by atoms with E-state index in [2.05, 4.69) is 97.1 Å². The summed E-state index contributed by atoms with van der Waals surface area (Å²) in [5.74, 6) is 7.30. The Morgan fingerprint density at radius 3 is 1.19 bits per heavy atom.